The van der Waals surface area contributed by atoms with E-state index in [1.54, 1.807) is 0 Å². The van der Waals surface area contributed by atoms with Gasteiger partial charge in [0.05, 0.1) is 33.1 Å². The number of aromatic nitrogens is 3. The van der Waals surface area contributed by atoms with E-state index < -0.39 is 5.97 Å². The molecule has 27 heavy (non-hydrogen) atoms. The quantitative estimate of drug-likeness (QED) is 0.571. The number of nitrogens with two attached hydrogens (primary N) is 1. The molecule has 2 aromatic heterocycles. The molecule has 1 atom stereocenters. The van der Waals surface area contributed by atoms with Crippen molar-refractivity contribution in [2.24, 2.45) is 0 Å². The summed E-state index contributed by atoms with van der Waals surface area (Å²) in [5, 5.41) is 9.93. The molecule has 0 aliphatic carbocycles. The molecule has 1 aliphatic rings. The zero-order valence-electron chi connectivity index (χ0n) is 15.2. The number of aliphatic hydroxyl groups is 1. The van der Waals surface area contributed by atoms with Crippen molar-refractivity contribution in [3.05, 3.63) is 33.7 Å². The van der Waals surface area contributed by atoms with Gasteiger partial charge in [0.2, 0.25) is 5.95 Å². The Labute approximate surface area is 161 Å². The van der Waals surface area contributed by atoms with E-state index in [2.05, 4.69) is 15.0 Å². The molecule has 0 aromatic carbocycles. The zero-order chi connectivity index (χ0) is 19.7. The van der Waals surface area contributed by atoms with Gasteiger partial charge in [-0.05, 0) is 6.92 Å². The van der Waals surface area contributed by atoms with Crippen molar-refractivity contribution in [1.82, 2.24) is 15.0 Å². The lowest BCUT2D eigenvalue weighted by atomic mass is 10.1. The highest BCUT2D eigenvalue weighted by Crippen LogP contribution is 2.40. The minimum atomic E-state index is -0.520. The van der Waals surface area contributed by atoms with Gasteiger partial charge in [0, 0.05) is 29.8 Å². The number of esters is 1. The van der Waals surface area contributed by atoms with Crippen LogP contribution in [0.2, 0.25) is 5.15 Å². The Morgan fingerprint density at radius 1 is 1.44 bits per heavy atom. The van der Waals surface area contributed by atoms with Crippen molar-refractivity contribution in [2.75, 3.05) is 38.0 Å². The van der Waals surface area contributed by atoms with Gasteiger partial charge in [-0.1, -0.05) is 11.6 Å². The number of ether oxygens (including phenoxy) is 2. The van der Waals surface area contributed by atoms with Gasteiger partial charge < -0.3 is 25.2 Å². The van der Waals surface area contributed by atoms with Crippen LogP contribution in [0.4, 0.5) is 11.8 Å². The molecule has 0 fully saturated rings. The van der Waals surface area contributed by atoms with Crippen LogP contribution in [-0.4, -0.2) is 53.4 Å². The number of halogens is 1. The van der Waals surface area contributed by atoms with Gasteiger partial charge in [0.15, 0.2) is 0 Å². The summed E-state index contributed by atoms with van der Waals surface area (Å²) in [5.74, 6) is 0.303. The van der Waals surface area contributed by atoms with Crippen LogP contribution in [0.25, 0.3) is 0 Å². The predicted molar refractivity (Wildman–Crippen MR) is 99.2 cm³/mol. The van der Waals surface area contributed by atoms with E-state index in [9.17, 15) is 9.90 Å². The van der Waals surface area contributed by atoms with Crippen LogP contribution < -0.4 is 15.4 Å². The van der Waals surface area contributed by atoms with E-state index in [4.69, 9.17) is 26.8 Å². The molecule has 0 spiro atoms. The molecule has 9 nitrogen and oxygen atoms in total. The first-order chi connectivity index (χ1) is 12.9. The largest absolute Gasteiger partial charge is 0.495 e. The highest BCUT2D eigenvalue weighted by molar-refractivity contribution is 6.30. The third kappa shape index (κ3) is 3.35. The number of carbonyl (C=O) groups excluding carboxylic acids is 1. The molecule has 3 rings (SSSR count). The Bertz CT molecular complexity index is 892. The fraction of sp³-hybridized carbons (Fsp3) is 0.412. The second-order valence-corrected chi connectivity index (χ2v) is 6.50. The van der Waals surface area contributed by atoms with Gasteiger partial charge in [-0.15, -0.1) is 0 Å². The van der Waals surface area contributed by atoms with Crippen molar-refractivity contribution >= 4 is 29.3 Å². The molecule has 3 heterocycles. The summed E-state index contributed by atoms with van der Waals surface area (Å²) >= 11 is 6.21. The van der Waals surface area contributed by atoms with E-state index in [-0.39, 0.29) is 29.2 Å². The molecule has 0 saturated heterocycles. The van der Waals surface area contributed by atoms with Gasteiger partial charge in [-0.25, -0.2) is 9.78 Å². The molecular weight excluding hydrogens is 374 g/mol. The van der Waals surface area contributed by atoms with Crippen LogP contribution in [0.5, 0.6) is 5.75 Å². The van der Waals surface area contributed by atoms with Crippen molar-refractivity contribution in [3.8, 4) is 5.75 Å². The minimum Gasteiger partial charge on any atom is -0.495 e. The predicted octanol–water partition coefficient (Wildman–Crippen LogP) is 1.31. The third-order valence-electron chi connectivity index (χ3n) is 4.58. The SMILES string of the molecule is COC(=O)c1cnc(CN2C[C@@H](CO)c3c(Cl)nc(N)nc32)c(C)c1OC. The highest BCUT2D eigenvalue weighted by atomic mass is 35.5. The highest BCUT2D eigenvalue weighted by Gasteiger charge is 2.34. The number of nitrogens with zero attached hydrogens (tertiary/aromatic N) is 4. The molecule has 0 radical (unpaired) electrons. The van der Waals surface area contributed by atoms with Crippen LogP contribution in [0.15, 0.2) is 6.20 Å². The standard InChI is InChI=1S/C17H20ClN5O4/c1-8-11(20-4-10(13(8)26-2)16(25)27-3)6-23-5-9(7-24)12-14(18)21-17(19)22-15(12)23/h4,9,24H,5-7H2,1-3H3,(H2,19,21,22)/t9-/m0/s1. The summed E-state index contributed by atoms with van der Waals surface area (Å²) in [4.78, 5) is 26.5. The summed E-state index contributed by atoms with van der Waals surface area (Å²) in [6.45, 7) is 2.59. The molecule has 1 aliphatic heterocycles. The second-order valence-electron chi connectivity index (χ2n) is 6.14. The average molecular weight is 394 g/mol. The minimum absolute atomic E-state index is 0.0608. The molecule has 144 valence electrons. The summed E-state index contributed by atoms with van der Waals surface area (Å²) in [6.07, 6.45) is 1.43. The number of rotatable bonds is 5. The molecule has 0 saturated carbocycles. The lowest BCUT2D eigenvalue weighted by molar-refractivity contribution is 0.0596. The first-order valence-corrected chi connectivity index (χ1v) is 8.58. The van der Waals surface area contributed by atoms with E-state index in [1.807, 2.05) is 11.8 Å². The summed E-state index contributed by atoms with van der Waals surface area (Å²) in [5.41, 5.74) is 8.06. The number of fused-ring (bicyclic) bond motifs is 1. The van der Waals surface area contributed by atoms with Crippen LogP contribution >= 0.6 is 11.6 Å². The smallest absolute Gasteiger partial charge is 0.343 e. The molecule has 0 unspecified atom stereocenters. The number of hydrogen-bond donors (Lipinski definition) is 2. The Kier molecular flexibility index (Phi) is 5.33. The maximum Gasteiger partial charge on any atom is 0.343 e. The topological polar surface area (TPSA) is 124 Å². The van der Waals surface area contributed by atoms with E-state index in [0.717, 1.165) is 0 Å². The summed E-state index contributed by atoms with van der Waals surface area (Å²) < 4.78 is 10.2. The van der Waals surface area contributed by atoms with Gasteiger partial charge in [-0.2, -0.15) is 4.98 Å². The van der Waals surface area contributed by atoms with Crippen molar-refractivity contribution in [2.45, 2.75) is 19.4 Å². The van der Waals surface area contributed by atoms with E-state index >= 15 is 0 Å². The number of methoxy groups -OCH3 is 2. The molecule has 3 N–H and O–H groups in total. The summed E-state index contributed by atoms with van der Waals surface area (Å²) in [7, 11) is 2.79. The lowest BCUT2D eigenvalue weighted by Crippen LogP contribution is -2.24. The van der Waals surface area contributed by atoms with Crippen LogP contribution in [-0.2, 0) is 11.3 Å². The monoisotopic (exact) mass is 393 g/mol. The number of aliphatic hydroxyl groups excluding tert-OH is 1. The second kappa shape index (κ2) is 7.53. The first-order valence-electron chi connectivity index (χ1n) is 8.20. The number of nitrogen functional groups attached to an aromatic ring is 1. The van der Waals surface area contributed by atoms with Gasteiger partial charge >= 0.3 is 5.97 Å². The normalized spacial score (nSPS) is 15.6. The van der Waals surface area contributed by atoms with Crippen LogP contribution in [0.1, 0.15) is 33.1 Å². The number of carbonyl (C=O) groups is 1. The van der Waals surface area contributed by atoms with E-state index in [0.29, 0.717) is 41.5 Å². The Morgan fingerprint density at radius 2 is 2.19 bits per heavy atom. The maximum absolute atomic E-state index is 11.9. The maximum atomic E-state index is 11.9. The van der Waals surface area contributed by atoms with Gasteiger partial charge in [0.25, 0.3) is 0 Å². The fourth-order valence-electron chi connectivity index (χ4n) is 3.26. The Morgan fingerprint density at radius 3 is 2.81 bits per heavy atom. The number of hydrogen-bond acceptors (Lipinski definition) is 9. The van der Waals surface area contributed by atoms with Crippen LogP contribution in [0.3, 0.4) is 0 Å². The lowest BCUT2D eigenvalue weighted by Gasteiger charge is -2.21. The Hall–Kier alpha value is -2.65. The average Bonchev–Trinajstić information content (AvgIpc) is 3.00. The van der Waals surface area contributed by atoms with Crippen LogP contribution in [0, 0.1) is 6.92 Å². The molecule has 0 bridgehead atoms. The molecule has 0 amide bonds. The molecular formula is C17H20ClN5O4. The van der Waals surface area contributed by atoms with Crippen molar-refractivity contribution in [3.63, 3.8) is 0 Å². The summed E-state index contributed by atoms with van der Waals surface area (Å²) in [6, 6.07) is 0. The van der Waals surface area contributed by atoms with Gasteiger partial charge in [-0.3, -0.25) is 4.98 Å². The third-order valence-corrected chi connectivity index (χ3v) is 4.87. The number of anilines is 2. The van der Waals surface area contributed by atoms with Crippen molar-refractivity contribution in [1.29, 1.82) is 0 Å². The first kappa shape index (κ1) is 19.1. The van der Waals surface area contributed by atoms with E-state index in [1.165, 1.54) is 20.4 Å². The Balaban J connectivity index is 1.99. The number of pyridine rings is 1. The zero-order valence-corrected chi connectivity index (χ0v) is 15.9. The molecule has 10 heteroatoms. The molecule has 2 aromatic rings. The van der Waals surface area contributed by atoms with Crippen molar-refractivity contribution < 1.29 is 19.4 Å². The fourth-order valence-corrected chi connectivity index (χ4v) is 3.59. The van der Waals surface area contributed by atoms with Gasteiger partial charge in [0.1, 0.15) is 22.3 Å².